The lowest BCUT2D eigenvalue weighted by molar-refractivity contribution is 0.323. The molecule has 0 aliphatic rings. The highest BCUT2D eigenvalue weighted by molar-refractivity contribution is 14.0. The maximum atomic E-state index is 5.43. The van der Waals surface area contributed by atoms with Gasteiger partial charge in [0.1, 0.15) is 0 Å². The van der Waals surface area contributed by atoms with Gasteiger partial charge in [-0.1, -0.05) is 13.8 Å². The van der Waals surface area contributed by atoms with Crippen molar-refractivity contribution in [3.05, 3.63) is 35.2 Å². The normalized spacial score (nSPS) is 11.2. The summed E-state index contributed by atoms with van der Waals surface area (Å²) in [6.45, 7) is 5.60. The maximum Gasteiger partial charge on any atom is 0.203 e. The zero-order valence-corrected chi connectivity index (χ0v) is 21.5. The van der Waals surface area contributed by atoms with E-state index < -0.39 is 0 Å². The van der Waals surface area contributed by atoms with Crippen LogP contribution >= 0.6 is 24.0 Å². The van der Waals surface area contributed by atoms with Crippen LogP contribution in [-0.4, -0.2) is 56.1 Å². The Kier molecular flexibility index (Phi) is 10.2. The summed E-state index contributed by atoms with van der Waals surface area (Å²) >= 11 is 0. The fourth-order valence-corrected chi connectivity index (χ4v) is 3.30. The number of guanidine groups is 1. The summed E-state index contributed by atoms with van der Waals surface area (Å²) < 4.78 is 18.1. The zero-order valence-electron chi connectivity index (χ0n) is 19.1. The van der Waals surface area contributed by atoms with E-state index in [1.807, 2.05) is 30.9 Å². The standard InChI is InChI=1S/C21H33N5O3.HI/c1-14(2)19-16(13-26(5)24-19)12-25(4)21(22-3)23-11-15-9-17(27-6)20(29-8)18(10-15)28-7;/h9-10,13-14H,11-12H2,1-8H3,(H,22,23);1H. The van der Waals surface area contributed by atoms with Crippen LogP contribution in [0.4, 0.5) is 0 Å². The molecule has 1 aromatic heterocycles. The number of ether oxygens (including phenoxy) is 3. The number of aryl methyl sites for hydroxylation is 1. The van der Waals surface area contributed by atoms with Gasteiger partial charge in [0.2, 0.25) is 5.75 Å². The highest BCUT2D eigenvalue weighted by Gasteiger charge is 2.16. The Bertz CT molecular complexity index is 826. The molecular weight excluding hydrogens is 497 g/mol. The topological polar surface area (TPSA) is 73.1 Å². The van der Waals surface area contributed by atoms with Crippen LogP contribution in [0.25, 0.3) is 0 Å². The van der Waals surface area contributed by atoms with Gasteiger partial charge >= 0.3 is 0 Å². The van der Waals surface area contributed by atoms with E-state index in [2.05, 4.69) is 40.4 Å². The first-order valence-corrected chi connectivity index (χ1v) is 9.57. The van der Waals surface area contributed by atoms with Crippen molar-refractivity contribution < 1.29 is 14.2 Å². The molecule has 2 rings (SSSR count). The number of hydrogen-bond donors (Lipinski definition) is 1. The fraction of sp³-hybridized carbons (Fsp3) is 0.524. The number of nitrogens with zero attached hydrogens (tertiary/aromatic N) is 4. The van der Waals surface area contributed by atoms with Crippen molar-refractivity contribution in [2.24, 2.45) is 12.0 Å². The Balaban J connectivity index is 0.00000450. The molecule has 0 saturated heterocycles. The van der Waals surface area contributed by atoms with Crippen LogP contribution in [0, 0.1) is 0 Å². The third kappa shape index (κ3) is 6.16. The van der Waals surface area contributed by atoms with Gasteiger partial charge in [0.05, 0.1) is 27.0 Å². The summed E-state index contributed by atoms with van der Waals surface area (Å²) in [6.07, 6.45) is 2.07. The van der Waals surface area contributed by atoms with Crippen molar-refractivity contribution in [1.29, 1.82) is 0 Å². The summed E-state index contributed by atoms with van der Waals surface area (Å²) in [5.74, 6) is 3.00. The number of benzene rings is 1. The second kappa shape index (κ2) is 11.9. The molecule has 0 saturated carbocycles. The number of aliphatic imine (C=N–C) groups is 1. The van der Waals surface area contributed by atoms with E-state index in [0.29, 0.717) is 29.7 Å². The summed E-state index contributed by atoms with van der Waals surface area (Å²) in [6, 6.07) is 3.86. The molecule has 0 aliphatic carbocycles. The number of methoxy groups -OCH3 is 3. The first-order chi connectivity index (χ1) is 13.8. The number of nitrogens with one attached hydrogen (secondary N) is 1. The Labute approximate surface area is 196 Å². The van der Waals surface area contributed by atoms with Gasteiger partial charge in [-0.2, -0.15) is 5.10 Å². The minimum absolute atomic E-state index is 0. The van der Waals surface area contributed by atoms with Crippen molar-refractivity contribution in [3.63, 3.8) is 0 Å². The SMILES string of the molecule is CN=C(NCc1cc(OC)c(OC)c(OC)c1)N(C)Cc1cn(C)nc1C(C)C.I. The molecule has 0 unspecified atom stereocenters. The lowest BCUT2D eigenvalue weighted by atomic mass is 10.1. The molecule has 0 spiro atoms. The number of aromatic nitrogens is 2. The van der Waals surface area contributed by atoms with E-state index in [4.69, 9.17) is 14.2 Å². The Hall–Kier alpha value is -2.17. The second-order valence-corrected chi connectivity index (χ2v) is 7.16. The van der Waals surface area contributed by atoms with Gasteiger partial charge in [0.25, 0.3) is 0 Å². The van der Waals surface area contributed by atoms with Crippen LogP contribution in [0.2, 0.25) is 0 Å². The van der Waals surface area contributed by atoms with Crippen molar-refractivity contribution >= 4 is 29.9 Å². The Morgan fingerprint density at radius 1 is 1.17 bits per heavy atom. The summed E-state index contributed by atoms with van der Waals surface area (Å²) in [7, 11) is 10.6. The highest BCUT2D eigenvalue weighted by atomic mass is 127. The van der Waals surface area contributed by atoms with Crippen LogP contribution in [-0.2, 0) is 20.1 Å². The van der Waals surface area contributed by atoms with Crippen LogP contribution < -0.4 is 19.5 Å². The van der Waals surface area contributed by atoms with Crippen LogP contribution in [0.1, 0.15) is 36.6 Å². The van der Waals surface area contributed by atoms with E-state index in [0.717, 1.165) is 23.8 Å². The monoisotopic (exact) mass is 531 g/mol. The maximum absolute atomic E-state index is 5.43. The molecule has 0 aliphatic heterocycles. The lowest BCUT2D eigenvalue weighted by Crippen LogP contribution is -2.38. The minimum Gasteiger partial charge on any atom is -0.493 e. The summed E-state index contributed by atoms with van der Waals surface area (Å²) in [5, 5.41) is 7.98. The predicted octanol–water partition coefficient (Wildman–Crippen LogP) is 3.39. The molecular formula is C21H34IN5O3. The van der Waals surface area contributed by atoms with Gasteiger partial charge in [0, 0.05) is 46.0 Å². The molecule has 9 heteroatoms. The quantitative estimate of drug-likeness (QED) is 0.320. The Morgan fingerprint density at radius 2 is 1.77 bits per heavy atom. The van der Waals surface area contributed by atoms with Crippen molar-refractivity contribution in [1.82, 2.24) is 20.0 Å². The van der Waals surface area contributed by atoms with Gasteiger partial charge in [0.15, 0.2) is 17.5 Å². The first-order valence-electron chi connectivity index (χ1n) is 9.57. The van der Waals surface area contributed by atoms with E-state index >= 15 is 0 Å². The molecule has 0 bridgehead atoms. The van der Waals surface area contributed by atoms with Crippen molar-refractivity contribution in [3.8, 4) is 17.2 Å². The fourth-order valence-electron chi connectivity index (χ4n) is 3.30. The molecule has 168 valence electrons. The van der Waals surface area contributed by atoms with Gasteiger partial charge in [-0.25, -0.2) is 0 Å². The van der Waals surface area contributed by atoms with Crippen molar-refractivity contribution in [2.45, 2.75) is 32.9 Å². The molecule has 30 heavy (non-hydrogen) atoms. The summed E-state index contributed by atoms with van der Waals surface area (Å²) in [5.41, 5.74) is 3.30. The van der Waals surface area contributed by atoms with Crippen molar-refractivity contribution in [2.75, 3.05) is 35.4 Å². The van der Waals surface area contributed by atoms with E-state index in [1.165, 1.54) is 5.56 Å². The number of rotatable bonds is 8. The molecule has 1 N–H and O–H groups in total. The van der Waals surface area contributed by atoms with Crippen LogP contribution in [0.3, 0.4) is 0 Å². The largest absolute Gasteiger partial charge is 0.493 e. The number of hydrogen-bond acceptors (Lipinski definition) is 5. The predicted molar refractivity (Wildman–Crippen MR) is 130 cm³/mol. The smallest absolute Gasteiger partial charge is 0.203 e. The average molecular weight is 531 g/mol. The molecule has 0 radical (unpaired) electrons. The third-order valence-electron chi connectivity index (χ3n) is 4.64. The molecule has 0 atom stereocenters. The lowest BCUT2D eigenvalue weighted by Gasteiger charge is -2.23. The van der Waals surface area contributed by atoms with Gasteiger partial charge < -0.3 is 24.4 Å². The average Bonchev–Trinajstić information content (AvgIpc) is 3.07. The highest BCUT2D eigenvalue weighted by Crippen LogP contribution is 2.38. The molecule has 8 nitrogen and oxygen atoms in total. The second-order valence-electron chi connectivity index (χ2n) is 7.16. The molecule has 2 aromatic rings. The number of halogens is 1. The molecule has 1 aromatic carbocycles. The summed E-state index contributed by atoms with van der Waals surface area (Å²) in [4.78, 5) is 6.50. The van der Waals surface area contributed by atoms with E-state index in [-0.39, 0.29) is 24.0 Å². The van der Waals surface area contributed by atoms with Crippen LogP contribution in [0.15, 0.2) is 23.3 Å². The molecule has 0 amide bonds. The van der Waals surface area contributed by atoms with Gasteiger partial charge in [-0.15, -0.1) is 24.0 Å². The van der Waals surface area contributed by atoms with Gasteiger partial charge in [-0.3, -0.25) is 9.67 Å². The van der Waals surface area contributed by atoms with Gasteiger partial charge in [-0.05, 0) is 23.6 Å². The van der Waals surface area contributed by atoms with Crippen LogP contribution in [0.5, 0.6) is 17.2 Å². The Morgan fingerprint density at radius 3 is 2.23 bits per heavy atom. The molecule has 0 fully saturated rings. The molecule has 1 heterocycles. The van der Waals surface area contributed by atoms with E-state index in [1.54, 1.807) is 28.4 Å². The third-order valence-corrected chi connectivity index (χ3v) is 4.64. The van der Waals surface area contributed by atoms with E-state index in [9.17, 15) is 0 Å². The first kappa shape index (κ1) is 25.9. The minimum atomic E-state index is 0. The zero-order chi connectivity index (χ0) is 21.6.